The van der Waals surface area contributed by atoms with Gasteiger partial charge in [0, 0.05) is 50.6 Å². The molecule has 3 aromatic rings. The third-order valence-electron chi connectivity index (χ3n) is 3.89. The molecule has 1 N–H and O–H groups in total. The summed E-state index contributed by atoms with van der Waals surface area (Å²) in [6.07, 6.45) is 2.14. The Labute approximate surface area is 145 Å². The standard InChI is InChI=1S/C18H15N2.CH3.Re/c1-2-7-14(8-3-1)18-17-11-6-12-20(17)16-10-5-4-9-15(16)13-19-18;;/h1-2,4-12,18-19H,13H2;1H3;/q2*-1;. The van der Waals surface area contributed by atoms with Crippen LogP contribution < -0.4 is 5.32 Å². The van der Waals surface area contributed by atoms with Gasteiger partial charge in [0.1, 0.15) is 0 Å². The first-order chi connectivity index (χ1) is 9.93. The van der Waals surface area contributed by atoms with Crippen molar-refractivity contribution < 1.29 is 20.4 Å². The SMILES string of the molecule is [CH3-].[Re].[c-]1cccc(C2NCc3ccccc3-n3cccc32)c1. The Balaban J connectivity index is 0.000000882. The second-order valence-electron chi connectivity index (χ2n) is 5.08. The van der Waals surface area contributed by atoms with Crippen LogP contribution in [-0.4, -0.2) is 4.57 Å². The van der Waals surface area contributed by atoms with E-state index in [0.717, 1.165) is 6.54 Å². The maximum absolute atomic E-state index is 3.66. The van der Waals surface area contributed by atoms with Gasteiger partial charge in [0.2, 0.25) is 0 Å². The largest absolute Gasteiger partial charge is 0.358 e. The second kappa shape index (κ2) is 7.07. The molecule has 113 valence electrons. The van der Waals surface area contributed by atoms with Crippen molar-refractivity contribution >= 4 is 0 Å². The number of para-hydroxylation sites is 1. The molecule has 0 saturated heterocycles. The van der Waals surface area contributed by atoms with E-state index < -0.39 is 0 Å². The maximum atomic E-state index is 3.66. The van der Waals surface area contributed by atoms with Gasteiger partial charge in [-0.15, -0.1) is 5.56 Å². The van der Waals surface area contributed by atoms with Crippen molar-refractivity contribution in [2.75, 3.05) is 0 Å². The Morgan fingerprint density at radius 3 is 2.73 bits per heavy atom. The van der Waals surface area contributed by atoms with Crippen LogP contribution in [0.3, 0.4) is 0 Å². The Kier molecular flexibility index (Phi) is 5.37. The Morgan fingerprint density at radius 2 is 1.91 bits per heavy atom. The van der Waals surface area contributed by atoms with Crippen LogP contribution in [0.2, 0.25) is 0 Å². The van der Waals surface area contributed by atoms with E-state index in [-0.39, 0.29) is 33.9 Å². The fourth-order valence-electron chi connectivity index (χ4n) is 2.94. The van der Waals surface area contributed by atoms with Gasteiger partial charge in [-0.25, -0.2) is 0 Å². The van der Waals surface area contributed by atoms with Crippen LogP contribution in [0.5, 0.6) is 0 Å². The normalized spacial score (nSPS) is 15.5. The number of benzene rings is 2. The molecular formula is C19H18N2Re-2. The van der Waals surface area contributed by atoms with E-state index in [0.29, 0.717) is 0 Å². The molecule has 1 aliphatic rings. The van der Waals surface area contributed by atoms with Crippen molar-refractivity contribution in [2.24, 2.45) is 0 Å². The van der Waals surface area contributed by atoms with Crippen molar-refractivity contribution in [3.63, 3.8) is 0 Å². The van der Waals surface area contributed by atoms with Crippen LogP contribution in [-0.2, 0) is 27.0 Å². The average molecular weight is 461 g/mol. The number of nitrogens with one attached hydrogen (secondary N) is 1. The van der Waals surface area contributed by atoms with Gasteiger partial charge in [0.15, 0.2) is 0 Å². The van der Waals surface area contributed by atoms with E-state index in [1.54, 1.807) is 0 Å². The topological polar surface area (TPSA) is 17.0 Å². The molecule has 1 radical (unpaired) electrons. The molecule has 0 saturated carbocycles. The number of fused-ring (bicyclic) bond motifs is 3. The summed E-state index contributed by atoms with van der Waals surface area (Å²) < 4.78 is 2.28. The summed E-state index contributed by atoms with van der Waals surface area (Å²) in [6.45, 7) is 0.872. The molecule has 1 aromatic heterocycles. The van der Waals surface area contributed by atoms with Crippen LogP contribution >= 0.6 is 0 Å². The number of aromatic nitrogens is 1. The van der Waals surface area contributed by atoms with E-state index in [1.807, 2.05) is 12.1 Å². The number of hydrogen-bond acceptors (Lipinski definition) is 1. The van der Waals surface area contributed by atoms with E-state index in [9.17, 15) is 0 Å². The number of nitrogens with zero attached hydrogens (tertiary/aromatic N) is 1. The van der Waals surface area contributed by atoms with E-state index in [4.69, 9.17) is 0 Å². The van der Waals surface area contributed by atoms with E-state index >= 15 is 0 Å². The molecule has 3 heteroatoms. The second-order valence-corrected chi connectivity index (χ2v) is 5.08. The zero-order valence-electron chi connectivity index (χ0n) is 12.5. The summed E-state index contributed by atoms with van der Waals surface area (Å²) in [7, 11) is 0. The third kappa shape index (κ3) is 2.81. The van der Waals surface area contributed by atoms with Crippen LogP contribution in [0.25, 0.3) is 5.69 Å². The van der Waals surface area contributed by atoms with E-state index in [2.05, 4.69) is 70.7 Å². The minimum absolute atomic E-state index is 0. The molecule has 1 atom stereocenters. The van der Waals surface area contributed by atoms with Gasteiger partial charge in [0.25, 0.3) is 0 Å². The summed E-state index contributed by atoms with van der Waals surface area (Å²) in [5, 5.41) is 3.66. The molecule has 22 heavy (non-hydrogen) atoms. The summed E-state index contributed by atoms with van der Waals surface area (Å²) in [5.41, 5.74) is 5.12. The van der Waals surface area contributed by atoms with Gasteiger partial charge in [-0.1, -0.05) is 18.2 Å². The average Bonchev–Trinajstić information content (AvgIpc) is 2.93. The summed E-state index contributed by atoms with van der Waals surface area (Å²) in [6, 6.07) is 24.4. The van der Waals surface area contributed by atoms with Crippen LogP contribution in [0.15, 0.2) is 66.9 Å². The van der Waals surface area contributed by atoms with Crippen LogP contribution in [0, 0.1) is 13.5 Å². The van der Waals surface area contributed by atoms with Crippen LogP contribution in [0.1, 0.15) is 22.9 Å². The molecule has 1 unspecified atom stereocenters. The molecule has 0 bridgehead atoms. The fourth-order valence-corrected chi connectivity index (χ4v) is 2.94. The molecule has 0 aliphatic carbocycles. The molecule has 2 heterocycles. The minimum Gasteiger partial charge on any atom is -0.358 e. The predicted octanol–water partition coefficient (Wildman–Crippen LogP) is 3.92. The van der Waals surface area contributed by atoms with Gasteiger partial charge in [-0.05, 0) is 23.8 Å². The Hall–Kier alpha value is -1.66. The first-order valence-electron chi connectivity index (χ1n) is 6.88. The Bertz CT molecular complexity index is 734. The summed E-state index contributed by atoms with van der Waals surface area (Å²) in [5.74, 6) is 0. The quantitative estimate of drug-likeness (QED) is 0.545. The van der Waals surface area contributed by atoms with Gasteiger partial charge in [-0.2, -0.15) is 30.3 Å². The van der Waals surface area contributed by atoms with Gasteiger partial charge >= 0.3 is 0 Å². The summed E-state index contributed by atoms with van der Waals surface area (Å²) >= 11 is 0. The van der Waals surface area contributed by atoms with E-state index in [1.165, 1.54) is 22.5 Å². The molecule has 0 fully saturated rings. The van der Waals surface area contributed by atoms with Crippen molar-refractivity contribution in [3.05, 3.63) is 97.2 Å². The zero-order chi connectivity index (χ0) is 13.4. The minimum atomic E-state index is 0. The van der Waals surface area contributed by atoms with Crippen molar-refractivity contribution in [2.45, 2.75) is 12.6 Å². The molecule has 2 nitrogen and oxygen atoms in total. The number of hydrogen-bond donors (Lipinski definition) is 1. The molecule has 1 aliphatic heterocycles. The van der Waals surface area contributed by atoms with Crippen molar-refractivity contribution in [1.29, 1.82) is 0 Å². The zero-order valence-corrected chi connectivity index (χ0v) is 15.2. The monoisotopic (exact) mass is 461 g/mol. The van der Waals surface area contributed by atoms with Crippen molar-refractivity contribution in [3.8, 4) is 5.69 Å². The van der Waals surface area contributed by atoms with Gasteiger partial charge in [-0.3, -0.25) is 0 Å². The van der Waals surface area contributed by atoms with Crippen molar-refractivity contribution in [1.82, 2.24) is 9.88 Å². The van der Waals surface area contributed by atoms with Gasteiger partial charge < -0.3 is 17.3 Å². The first-order valence-corrected chi connectivity index (χ1v) is 6.88. The number of rotatable bonds is 1. The molecule has 4 rings (SSSR count). The van der Waals surface area contributed by atoms with Crippen LogP contribution in [0.4, 0.5) is 0 Å². The molecule has 0 spiro atoms. The Morgan fingerprint density at radius 1 is 1.05 bits per heavy atom. The smallest absolute Gasteiger partial charge is 0.0497 e. The van der Waals surface area contributed by atoms with Gasteiger partial charge in [0.05, 0.1) is 0 Å². The third-order valence-corrected chi connectivity index (χ3v) is 3.89. The predicted molar refractivity (Wildman–Crippen MR) is 86.1 cm³/mol. The molecule has 2 aromatic carbocycles. The first kappa shape index (κ1) is 16.7. The molecular weight excluding hydrogens is 442 g/mol. The summed E-state index contributed by atoms with van der Waals surface area (Å²) in [4.78, 5) is 0. The molecule has 0 amide bonds. The fraction of sp³-hybridized carbons (Fsp3) is 0.105. The maximum Gasteiger partial charge on any atom is 0.0497 e.